The van der Waals surface area contributed by atoms with Crippen LogP contribution in [0.2, 0.25) is 0 Å². The molecule has 21 heavy (non-hydrogen) atoms. The maximum absolute atomic E-state index is 12.1. The second-order valence-corrected chi connectivity index (χ2v) is 6.10. The monoisotopic (exact) mass is 352 g/mol. The van der Waals surface area contributed by atoms with Gasteiger partial charge in [-0.25, -0.2) is 4.79 Å². The van der Waals surface area contributed by atoms with E-state index >= 15 is 0 Å². The van der Waals surface area contributed by atoms with Crippen LogP contribution in [0.4, 0.5) is 0 Å². The van der Waals surface area contributed by atoms with Crippen molar-refractivity contribution in [2.24, 2.45) is 5.92 Å². The number of hydrogen-bond acceptors (Lipinski definition) is 2. The lowest BCUT2D eigenvalue weighted by Crippen LogP contribution is -2.45. The molecule has 1 atom stereocenters. The highest BCUT2D eigenvalue weighted by Gasteiger charge is 2.23. The van der Waals surface area contributed by atoms with Crippen LogP contribution in [0.3, 0.4) is 0 Å². The fourth-order valence-corrected chi connectivity index (χ4v) is 2.70. The van der Waals surface area contributed by atoms with Gasteiger partial charge in [0.2, 0.25) is 5.91 Å². The van der Waals surface area contributed by atoms with Crippen molar-refractivity contribution in [3.63, 3.8) is 0 Å². The summed E-state index contributed by atoms with van der Waals surface area (Å²) in [7, 11) is 0. The van der Waals surface area contributed by atoms with Gasteiger partial charge in [-0.3, -0.25) is 4.79 Å². The SMILES string of the molecule is CC(C)[C@H](NC(=O)Cn1ccc2c(Br)cccc21)C(=O)O. The van der Waals surface area contributed by atoms with Gasteiger partial charge in [-0.05, 0) is 24.1 Å². The number of aromatic nitrogens is 1. The number of halogens is 1. The molecule has 0 unspecified atom stereocenters. The molecular formula is C15H17BrN2O3. The molecule has 0 aliphatic carbocycles. The van der Waals surface area contributed by atoms with E-state index in [9.17, 15) is 9.59 Å². The highest BCUT2D eigenvalue weighted by molar-refractivity contribution is 9.10. The molecule has 0 radical (unpaired) electrons. The van der Waals surface area contributed by atoms with E-state index in [0.717, 1.165) is 15.4 Å². The maximum Gasteiger partial charge on any atom is 0.326 e. The van der Waals surface area contributed by atoms with E-state index in [1.165, 1.54) is 0 Å². The number of nitrogens with zero attached hydrogens (tertiary/aromatic N) is 1. The highest BCUT2D eigenvalue weighted by Crippen LogP contribution is 2.24. The third-order valence-electron chi connectivity index (χ3n) is 3.32. The van der Waals surface area contributed by atoms with Gasteiger partial charge in [0.25, 0.3) is 0 Å². The Kier molecular flexibility index (Phi) is 4.67. The fourth-order valence-electron chi connectivity index (χ4n) is 2.21. The van der Waals surface area contributed by atoms with E-state index in [0.29, 0.717) is 0 Å². The zero-order chi connectivity index (χ0) is 15.6. The molecule has 0 bridgehead atoms. The summed E-state index contributed by atoms with van der Waals surface area (Å²) >= 11 is 3.46. The van der Waals surface area contributed by atoms with Gasteiger partial charge in [0.15, 0.2) is 0 Å². The van der Waals surface area contributed by atoms with Crippen molar-refractivity contribution in [3.05, 3.63) is 34.9 Å². The largest absolute Gasteiger partial charge is 0.480 e. The third-order valence-corrected chi connectivity index (χ3v) is 4.02. The Balaban J connectivity index is 2.15. The first kappa shape index (κ1) is 15.6. The molecule has 5 nitrogen and oxygen atoms in total. The van der Waals surface area contributed by atoms with Crippen LogP contribution in [0.1, 0.15) is 13.8 Å². The molecule has 2 N–H and O–H groups in total. The maximum atomic E-state index is 12.1. The standard InChI is InChI=1S/C15H17BrN2O3/c1-9(2)14(15(20)21)17-13(19)8-18-7-6-10-11(16)4-3-5-12(10)18/h3-7,9,14H,8H2,1-2H3,(H,17,19)(H,20,21)/t14-/m0/s1. The predicted octanol–water partition coefficient (Wildman–Crippen LogP) is 2.63. The Morgan fingerprint density at radius 2 is 2.05 bits per heavy atom. The molecule has 0 saturated carbocycles. The first-order chi connectivity index (χ1) is 9.90. The smallest absolute Gasteiger partial charge is 0.326 e. The molecule has 6 heteroatoms. The number of amides is 1. The van der Waals surface area contributed by atoms with Gasteiger partial charge in [0.05, 0.1) is 0 Å². The molecule has 112 valence electrons. The zero-order valence-corrected chi connectivity index (χ0v) is 13.4. The molecule has 1 aromatic carbocycles. The van der Waals surface area contributed by atoms with Gasteiger partial charge in [0, 0.05) is 21.6 Å². The van der Waals surface area contributed by atoms with Crippen molar-refractivity contribution < 1.29 is 14.7 Å². The van der Waals surface area contributed by atoms with Crippen LogP contribution >= 0.6 is 15.9 Å². The number of hydrogen-bond donors (Lipinski definition) is 2. The normalized spacial score (nSPS) is 12.6. The fraction of sp³-hybridized carbons (Fsp3) is 0.333. The molecule has 0 fully saturated rings. The number of carbonyl (C=O) groups is 2. The highest BCUT2D eigenvalue weighted by atomic mass is 79.9. The number of rotatable bonds is 5. The van der Waals surface area contributed by atoms with Gasteiger partial charge < -0.3 is 15.0 Å². The van der Waals surface area contributed by atoms with Gasteiger partial charge in [0.1, 0.15) is 12.6 Å². The minimum absolute atomic E-state index is 0.0937. The van der Waals surface area contributed by atoms with Crippen LogP contribution in [-0.2, 0) is 16.1 Å². The first-order valence-electron chi connectivity index (χ1n) is 6.65. The van der Waals surface area contributed by atoms with E-state index in [-0.39, 0.29) is 18.4 Å². The Hall–Kier alpha value is -1.82. The number of benzene rings is 1. The number of aliphatic carboxylic acids is 1. The number of nitrogens with one attached hydrogen (secondary N) is 1. The zero-order valence-electron chi connectivity index (χ0n) is 11.8. The van der Waals surface area contributed by atoms with Crippen LogP contribution in [0.5, 0.6) is 0 Å². The molecule has 2 aromatic rings. The summed E-state index contributed by atoms with van der Waals surface area (Å²) in [6, 6.07) is 6.81. The van der Waals surface area contributed by atoms with E-state index < -0.39 is 12.0 Å². The molecule has 1 amide bonds. The molecule has 2 rings (SSSR count). The predicted molar refractivity (Wildman–Crippen MR) is 84.0 cm³/mol. The van der Waals surface area contributed by atoms with Crippen molar-refractivity contribution in [1.29, 1.82) is 0 Å². The van der Waals surface area contributed by atoms with Crippen LogP contribution in [0.25, 0.3) is 10.9 Å². The van der Waals surface area contributed by atoms with Crippen molar-refractivity contribution in [3.8, 4) is 0 Å². The Bertz CT molecular complexity index is 679. The minimum Gasteiger partial charge on any atom is -0.480 e. The van der Waals surface area contributed by atoms with Crippen molar-refractivity contribution >= 4 is 38.7 Å². The summed E-state index contributed by atoms with van der Waals surface area (Å²) in [5.74, 6) is -1.49. The Morgan fingerprint density at radius 3 is 2.67 bits per heavy atom. The first-order valence-corrected chi connectivity index (χ1v) is 7.45. The molecule has 0 aliphatic rings. The van der Waals surface area contributed by atoms with Gasteiger partial charge in [-0.1, -0.05) is 35.8 Å². The number of fused-ring (bicyclic) bond motifs is 1. The number of carboxylic acids is 1. The van der Waals surface area contributed by atoms with Gasteiger partial charge in [-0.15, -0.1) is 0 Å². The molecule has 0 saturated heterocycles. The number of carbonyl (C=O) groups excluding carboxylic acids is 1. The lowest BCUT2D eigenvalue weighted by Gasteiger charge is -2.18. The van der Waals surface area contributed by atoms with E-state index in [1.807, 2.05) is 30.5 Å². The van der Waals surface area contributed by atoms with Crippen molar-refractivity contribution in [2.45, 2.75) is 26.4 Å². The summed E-state index contributed by atoms with van der Waals surface area (Å²) in [6.45, 7) is 3.62. The molecule has 1 aromatic heterocycles. The van der Waals surface area contributed by atoms with Crippen LogP contribution < -0.4 is 5.32 Å². The summed E-state index contributed by atoms with van der Waals surface area (Å²) in [5, 5.41) is 12.7. The van der Waals surface area contributed by atoms with E-state index in [1.54, 1.807) is 18.4 Å². The summed E-state index contributed by atoms with van der Waals surface area (Å²) in [5.41, 5.74) is 0.927. The van der Waals surface area contributed by atoms with Crippen LogP contribution in [0.15, 0.2) is 34.9 Å². The average molecular weight is 353 g/mol. The molecule has 1 heterocycles. The minimum atomic E-state index is -1.02. The van der Waals surface area contributed by atoms with Gasteiger partial charge in [-0.2, -0.15) is 0 Å². The summed E-state index contributed by atoms with van der Waals surface area (Å²) in [6.07, 6.45) is 1.82. The quantitative estimate of drug-likeness (QED) is 0.868. The van der Waals surface area contributed by atoms with Crippen LogP contribution in [0, 0.1) is 5.92 Å². The second kappa shape index (κ2) is 6.30. The molecular weight excluding hydrogens is 336 g/mol. The summed E-state index contributed by atoms with van der Waals surface area (Å²) in [4.78, 5) is 23.2. The third kappa shape index (κ3) is 3.44. The summed E-state index contributed by atoms with van der Waals surface area (Å²) < 4.78 is 2.76. The lowest BCUT2D eigenvalue weighted by atomic mass is 10.1. The Morgan fingerprint density at radius 1 is 1.33 bits per heavy atom. The average Bonchev–Trinajstić information content (AvgIpc) is 2.80. The number of carboxylic acid groups (broad SMARTS) is 1. The molecule has 0 aliphatic heterocycles. The van der Waals surface area contributed by atoms with Crippen LogP contribution in [-0.4, -0.2) is 27.6 Å². The Labute approximate surface area is 131 Å². The topological polar surface area (TPSA) is 71.3 Å². The van der Waals surface area contributed by atoms with Crippen molar-refractivity contribution in [2.75, 3.05) is 0 Å². The van der Waals surface area contributed by atoms with E-state index in [2.05, 4.69) is 21.2 Å². The van der Waals surface area contributed by atoms with E-state index in [4.69, 9.17) is 5.11 Å². The second-order valence-electron chi connectivity index (χ2n) is 5.24. The van der Waals surface area contributed by atoms with Gasteiger partial charge >= 0.3 is 5.97 Å². The lowest BCUT2D eigenvalue weighted by molar-refractivity contribution is -0.143. The van der Waals surface area contributed by atoms with Crippen molar-refractivity contribution in [1.82, 2.24) is 9.88 Å². The molecule has 0 spiro atoms.